The molecule has 0 saturated carbocycles. The molecule has 1 fully saturated rings. The Morgan fingerprint density at radius 3 is 2.36 bits per heavy atom. The number of rotatable bonds is 7. The fourth-order valence-electron chi connectivity index (χ4n) is 5.24. The van der Waals surface area contributed by atoms with Crippen LogP contribution in [-0.4, -0.2) is 66.0 Å². The third kappa shape index (κ3) is 4.86. The fourth-order valence-corrected chi connectivity index (χ4v) is 5.24. The molecule has 3 atom stereocenters. The zero-order chi connectivity index (χ0) is 22.8. The van der Waals surface area contributed by atoms with Gasteiger partial charge >= 0.3 is 0 Å². The molecule has 5 rings (SSSR count). The van der Waals surface area contributed by atoms with E-state index < -0.39 is 24.2 Å². The number of ether oxygens (including phenoxy) is 2. The molecule has 2 aromatic rings. The van der Waals surface area contributed by atoms with Gasteiger partial charge in [-0.1, -0.05) is 30.3 Å². The van der Waals surface area contributed by atoms with E-state index in [1.165, 1.54) is 11.1 Å². The number of hydrogen-bond donors (Lipinski definition) is 3. The van der Waals surface area contributed by atoms with Crippen LogP contribution in [0.1, 0.15) is 35.6 Å². The van der Waals surface area contributed by atoms with Crippen LogP contribution in [0.3, 0.4) is 0 Å². The average Bonchev–Trinajstić information content (AvgIpc) is 3.52. The van der Waals surface area contributed by atoms with Gasteiger partial charge in [-0.05, 0) is 67.6 Å². The topological polar surface area (TPSA) is 91.3 Å². The first kappa shape index (κ1) is 22.2. The highest BCUT2D eigenvalue weighted by molar-refractivity contribution is 5.81. The summed E-state index contributed by atoms with van der Waals surface area (Å²) in [5.41, 5.74) is 3.05. The summed E-state index contributed by atoms with van der Waals surface area (Å²) in [5, 5.41) is 25.1. The number of benzene rings is 2. The Morgan fingerprint density at radius 1 is 1.00 bits per heavy atom. The van der Waals surface area contributed by atoms with E-state index in [0.717, 1.165) is 25.9 Å². The molecule has 2 aliphatic heterocycles. The van der Waals surface area contributed by atoms with Crippen LogP contribution in [0, 0.1) is 5.92 Å². The Labute approximate surface area is 194 Å². The number of aliphatic hydroxyl groups excluding tert-OH is 2. The second-order valence-corrected chi connectivity index (χ2v) is 9.35. The van der Waals surface area contributed by atoms with Gasteiger partial charge in [0.1, 0.15) is 25.4 Å². The number of nitrogens with zero attached hydrogens (tertiary/aromatic N) is 1. The van der Waals surface area contributed by atoms with Crippen molar-refractivity contribution in [3.8, 4) is 11.5 Å². The lowest BCUT2D eigenvalue weighted by Crippen LogP contribution is -2.51. The first-order chi connectivity index (χ1) is 16.1. The van der Waals surface area contributed by atoms with Crippen molar-refractivity contribution in [3.63, 3.8) is 0 Å². The Hall–Kier alpha value is -2.61. The van der Waals surface area contributed by atoms with Gasteiger partial charge in [-0.25, -0.2) is 0 Å². The van der Waals surface area contributed by atoms with Gasteiger partial charge in [0.25, 0.3) is 0 Å². The lowest BCUT2D eigenvalue weighted by atomic mass is 9.96. The first-order valence-corrected chi connectivity index (χ1v) is 11.9. The zero-order valence-electron chi connectivity index (χ0n) is 18.8. The Kier molecular flexibility index (Phi) is 6.53. The van der Waals surface area contributed by atoms with E-state index in [1.54, 1.807) is 12.1 Å². The van der Waals surface area contributed by atoms with E-state index in [0.29, 0.717) is 49.7 Å². The second kappa shape index (κ2) is 9.71. The minimum atomic E-state index is -1.12. The maximum Gasteiger partial charge on any atom is 0.249 e. The van der Waals surface area contributed by atoms with Gasteiger partial charge in [0, 0.05) is 12.5 Å². The molecule has 1 saturated heterocycles. The van der Waals surface area contributed by atoms with Crippen molar-refractivity contribution >= 4 is 5.91 Å². The molecule has 3 aliphatic rings. The standard InChI is InChI=1S/C26H32N2O5/c29-24(19-7-8-22-23(15-19)33-12-11-32-22)21(16-28-9-3-4-10-28)27-26(31)25(30)20-13-17-5-1-2-6-18(17)14-20/h1-2,5-8,15,20-21,24-25,29-30H,3-4,9-14,16H2,(H,27,31)/t21-,24-,25?/m1/s1. The minimum Gasteiger partial charge on any atom is -0.486 e. The molecule has 7 heteroatoms. The highest BCUT2D eigenvalue weighted by atomic mass is 16.6. The number of likely N-dealkylation sites (tertiary alicyclic amines) is 1. The summed E-state index contributed by atoms with van der Waals surface area (Å²) in [6.07, 6.45) is 1.55. The molecule has 0 aromatic heterocycles. The number of carbonyl (C=O) groups excluding carboxylic acids is 1. The zero-order valence-corrected chi connectivity index (χ0v) is 18.8. The summed E-state index contributed by atoms with van der Waals surface area (Å²) < 4.78 is 11.3. The van der Waals surface area contributed by atoms with Crippen molar-refractivity contribution in [3.05, 3.63) is 59.2 Å². The quantitative estimate of drug-likeness (QED) is 0.594. The van der Waals surface area contributed by atoms with Crippen LogP contribution in [0.4, 0.5) is 0 Å². The lowest BCUT2D eigenvalue weighted by molar-refractivity contribution is -0.133. The Balaban J connectivity index is 1.30. The molecular formula is C26H32N2O5. The van der Waals surface area contributed by atoms with Gasteiger partial charge in [0.15, 0.2) is 11.5 Å². The predicted octanol–water partition coefficient (Wildman–Crippen LogP) is 1.85. The van der Waals surface area contributed by atoms with Gasteiger partial charge in [0.05, 0.1) is 6.04 Å². The number of carbonyl (C=O) groups is 1. The average molecular weight is 453 g/mol. The first-order valence-electron chi connectivity index (χ1n) is 11.9. The minimum absolute atomic E-state index is 0.152. The summed E-state index contributed by atoms with van der Waals surface area (Å²) in [4.78, 5) is 15.4. The van der Waals surface area contributed by atoms with E-state index in [1.807, 2.05) is 18.2 Å². The molecule has 0 radical (unpaired) electrons. The summed E-state index contributed by atoms with van der Waals surface area (Å²) in [6.45, 7) is 3.39. The molecule has 1 aliphatic carbocycles. The van der Waals surface area contributed by atoms with Gasteiger partial charge in [-0.3, -0.25) is 4.79 Å². The monoisotopic (exact) mass is 452 g/mol. The van der Waals surface area contributed by atoms with Crippen LogP contribution in [0.25, 0.3) is 0 Å². The second-order valence-electron chi connectivity index (χ2n) is 9.35. The van der Waals surface area contributed by atoms with E-state index >= 15 is 0 Å². The molecule has 0 spiro atoms. The van der Waals surface area contributed by atoms with Crippen molar-refractivity contribution in [1.29, 1.82) is 0 Å². The molecule has 0 bridgehead atoms. The van der Waals surface area contributed by atoms with Gasteiger partial charge in [-0.2, -0.15) is 0 Å². The highest BCUT2D eigenvalue weighted by Crippen LogP contribution is 2.34. The summed E-state index contributed by atoms with van der Waals surface area (Å²) in [5.74, 6) is 0.691. The van der Waals surface area contributed by atoms with E-state index in [2.05, 4.69) is 22.3 Å². The SMILES string of the molecule is O=C(N[C@H](CN1CCCC1)[C@H](O)c1ccc2c(c1)OCCO2)C(O)C1Cc2ccccc2C1. The van der Waals surface area contributed by atoms with Gasteiger partial charge in [-0.15, -0.1) is 0 Å². The summed E-state index contributed by atoms with van der Waals surface area (Å²) in [6, 6.07) is 12.9. The van der Waals surface area contributed by atoms with Crippen LogP contribution < -0.4 is 14.8 Å². The summed E-state index contributed by atoms with van der Waals surface area (Å²) >= 11 is 0. The molecule has 3 N–H and O–H groups in total. The smallest absolute Gasteiger partial charge is 0.249 e. The van der Waals surface area contributed by atoms with Crippen molar-refractivity contribution in [2.45, 2.75) is 43.9 Å². The van der Waals surface area contributed by atoms with Crippen LogP contribution in [0.5, 0.6) is 11.5 Å². The maximum absolute atomic E-state index is 13.1. The Morgan fingerprint density at radius 2 is 1.67 bits per heavy atom. The van der Waals surface area contributed by atoms with Crippen LogP contribution >= 0.6 is 0 Å². The largest absolute Gasteiger partial charge is 0.486 e. The number of nitrogens with one attached hydrogen (secondary N) is 1. The molecule has 1 amide bonds. The molecule has 7 nitrogen and oxygen atoms in total. The molecule has 1 unspecified atom stereocenters. The van der Waals surface area contributed by atoms with Gasteiger partial charge in [0.2, 0.25) is 5.91 Å². The third-order valence-electron chi connectivity index (χ3n) is 7.07. The highest BCUT2D eigenvalue weighted by Gasteiger charge is 2.35. The van der Waals surface area contributed by atoms with Crippen molar-refractivity contribution in [2.24, 2.45) is 5.92 Å². The predicted molar refractivity (Wildman–Crippen MR) is 123 cm³/mol. The maximum atomic E-state index is 13.1. The number of aliphatic hydroxyl groups is 2. The van der Waals surface area contributed by atoms with Crippen molar-refractivity contribution < 1.29 is 24.5 Å². The van der Waals surface area contributed by atoms with Crippen molar-refractivity contribution in [2.75, 3.05) is 32.8 Å². The fraction of sp³-hybridized carbons (Fsp3) is 0.500. The molecule has 2 aromatic carbocycles. The molecule has 33 heavy (non-hydrogen) atoms. The lowest BCUT2D eigenvalue weighted by Gasteiger charge is -2.30. The van der Waals surface area contributed by atoms with E-state index in [4.69, 9.17) is 9.47 Å². The van der Waals surface area contributed by atoms with Crippen molar-refractivity contribution in [1.82, 2.24) is 10.2 Å². The third-order valence-corrected chi connectivity index (χ3v) is 7.07. The number of fused-ring (bicyclic) bond motifs is 2. The Bertz CT molecular complexity index is 965. The van der Waals surface area contributed by atoms with E-state index in [-0.39, 0.29) is 5.92 Å². The normalized spacial score (nSPS) is 20.8. The van der Waals surface area contributed by atoms with Crippen LogP contribution in [0.15, 0.2) is 42.5 Å². The van der Waals surface area contributed by atoms with Crippen LogP contribution in [0.2, 0.25) is 0 Å². The van der Waals surface area contributed by atoms with Gasteiger partial charge < -0.3 is 29.9 Å². The molecular weight excluding hydrogens is 420 g/mol. The number of amides is 1. The van der Waals surface area contributed by atoms with E-state index in [9.17, 15) is 15.0 Å². The number of hydrogen-bond acceptors (Lipinski definition) is 6. The molecule has 2 heterocycles. The summed E-state index contributed by atoms with van der Waals surface area (Å²) in [7, 11) is 0. The van der Waals surface area contributed by atoms with Crippen LogP contribution in [-0.2, 0) is 17.6 Å². The molecule has 176 valence electrons.